The number of anilines is 1. The molecule has 0 spiro atoms. The Labute approximate surface area is 162 Å². The van der Waals surface area contributed by atoms with E-state index in [0.717, 1.165) is 18.2 Å². The van der Waals surface area contributed by atoms with Crippen LogP contribution in [0.25, 0.3) is 0 Å². The number of nitrogens with two attached hydrogens (primary N) is 1. The molecule has 0 fully saturated rings. The number of pyridine rings is 1. The number of benzene rings is 1. The SMILES string of the molecule is NC1=NC(CF)(c2cc(NC(=O)c3ccc(Cl)cn3)ccc2F)C(F)(F)CC1. The highest BCUT2D eigenvalue weighted by Crippen LogP contribution is 2.48. The first-order valence-corrected chi connectivity index (χ1v) is 8.57. The normalized spacial score (nSPS) is 21.1. The van der Waals surface area contributed by atoms with Crippen molar-refractivity contribution in [3.05, 3.63) is 58.6 Å². The van der Waals surface area contributed by atoms with Crippen molar-refractivity contribution in [3.63, 3.8) is 0 Å². The molecule has 1 aliphatic heterocycles. The molecule has 28 heavy (non-hydrogen) atoms. The topological polar surface area (TPSA) is 80.4 Å². The van der Waals surface area contributed by atoms with Crippen LogP contribution >= 0.6 is 11.6 Å². The quantitative estimate of drug-likeness (QED) is 0.740. The van der Waals surface area contributed by atoms with E-state index in [9.17, 15) is 22.4 Å². The van der Waals surface area contributed by atoms with Crippen LogP contribution < -0.4 is 11.1 Å². The number of halogens is 5. The van der Waals surface area contributed by atoms with E-state index in [1.165, 1.54) is 18.3 Å². The van der Waals surface area contributed by atoms with Crippen molar-refractivity contribution in [2.75, 3.05) is 12.0 Å². The van der Waals surface area contributed by atoms with Gasteiger partial charge >= 0.3 is 0 Å². The molecule has 2 heterocycles. The third kappa shape index (κ3) is 3.54. The number of nitrogens with zero attached hydrogens (tertiary/aromatic N) is 2. The summed E-state index contributed by atoms with van der Waals surface area (Å²) in [6, 6.07) is 5.74. The molecule has 1 aliphatic rings. The fourth-order valence-electron chi connectivity index (χ4n) is 2.96. The Balaban J connectivity index is 2.00. The summed E-state index contributed by atoms with van der Waals surface area (Å²) in [4.78, 5) is 19.7. The zero-order valence-electron chi connectivity index (χ0n) is 14.4. The Hall–Kier alpha value is -2.68. The first-order valence-electron chi connectivity index (χ1n) is 8.19. The van der Waals surface area contributed by atoms with Gasteiger partial charge in [-0.15, -0.1) is 0 Å². The van der Waals surface area contributed by atoms with Gasteiger partial charge in [0.05, 0.1) is 10.9 Å². The summed E-state index contributed by atoms with van der Waals surface area (Å²) >= 11 is 5.71. The van der Waals surface area contributed by atoms with Gasteiger partial charge in [0.1, 0.15) is 18.2 Å². The van der Waals surface area contributed by atoms with Crippen LogP contribution in [0.3, 0.4) is 0 Å². The number of amidine groups is 1. The van der Waals surface area contributed by atoms with Crippen LogP contribution in [0.5, 0.6) is 0 Å². The fraction of sp³-hybridized carbons (Fsp3) is 0.278. The molecule has 1 atom stereocenters. The smallest absolute Gasteiger partial charge is 0.280 e. The average Bonchev–Trinajstić information content (AvgIpc) is 2.66. The number of amides is 1. The first kappa shape index (κ1) is 20.1. The van der Waals surface area contributed by atoms with Gasteiger partial charge in [0.2, 0.25) is 0 Å². The van der Waals surface area contributed by atoms with Gasteiger partial charge in [0, 0.05) is 30.3 Å². The first-order chi connectivity index (χ1) is 13.2. The number of hydrogen-bond donors (Lipinski definition) is 2. The van der Waals surface area contributed by atoms with Crippen molar-refractivity contribution < 1.29 is 22.4 Å². The van der Waals surface area contributed by atoms with E-state index < -0.39 is 41.8 Å². The lowest BCUT2D eigenvalue weighted by molar-refractivity contribution is -0.0959. The molecule has 1 amide bonds. The minimum absolute atomic E-state index is 0.000686. The second kappa shape index (κ2) is 7.38. The van der Waals surface area contributed by atoms with E-state index in [-0.39, 0.29) is 23.6 Å². The van der Waals surface area contributed by atoms with Crippen LogP contribution in [0.15, 0.2) is 41.5 Å². The molecule has 5 nitrogen and oxygen atoms in total. The number of aromatic nitrogens is 1. The number of hydrogen-bond acceptors (Lipinski definition) is 4. The Morgan fingerprint density at radius 3 is 2.68 bits per heavy atom. The molecule has 3 N–H and O–H groups in total. The van der Waals surface area contributed by atoms with E-state index in [1.54, 1.807) is 0 Å². The Morgan fingerprint density at radius 2 is 2.04 bits per heavy atom. The van der Waals surface area contributed by atoms with Crippen molar-refractivity contribution in [1.29, 1.82) is 0 Å². The molecule has 0 saturated heterocycles. The zero-order chi connectivity index (χ0) is 20.5. The van der Waals surface area contributed by atoms with Crippen LogP contribution in [-0.2, 0) is 5.54 Å². The summed E-state index contributed by atoms with van der Waals surface area (Å²) in [5, 5.41) is 2.73. The number of carbonyl (C=O) groups is 1. The van der Waals surface area contributed by atoms with E-state index >= 15 is 0 Å². The molecule has 1 aromatic heterocycles. The lowest BCUT2D eigenvalue weighted by Crippen LogP contribution is -2.51. The minimum Gasteiger partial charge on any atom is -0.387 e. The maximum atomic E-state index is 14.6. The Morgan fingerprint density at radius 1 is 1.29 bits per heavy atom. The van der Waals surface area contributed by atoms with Crippen LogP contribution in [0.2, 0.25) is 5.02 Å². The van der Waals surface area contributed by atoms with Crippen LogP contribution in [0.1, 0.15) is 28.9 Å². The maximum absolute atomic E-state index is 14.6. The second-order valence-electron chi connectivity index (χ2n) is 6.31. The van der Waals surface area contributed by atoms with Crippen molar-refractivity contribution >= 4 is 29.0 Å². The molecule has 0 radical (unpaired) electrons. The molecular weight excluding hydrogens is 400 g/mol. The summed E-state index contributed by atoms with van der Waals surface area (Å²) in [6.07, 6.45) is 0.261. The lowest BCUT2D eigenvalue weighted by atomic mass is 9.80. The van der Waals surface area contributed by atoms with Crippen molar-refractivity contribution in [2.45, 2.75) is 24.3 Å². The Bertz CT molecular complexity index is 936. The summed E-state index contributed by atoms with van der Waals surface area (Å²) in [7, 11) is 0. The molecule has 3 rings (SSSR count). The van der Waals surface area contributed by atoms with Crippen molar-refractivity contribution in [3.8, 4) is 0 Å². The van der Waals surface area contributed by atoms with Gasteiger partial charge in [-0.25, -0.2) is 22.5 Å². The monoisotopic (exact) mass is 414 g/mol. The van der Waals surface area contributed by atoms with Gasteiger partial charge in [-0.1, -0.05) is 11.6 Å². The van der Waals surface area contributed by atoms with Gasteiger partial charge < -0.3 is 11.1 Å². The molecule has 0 bridgehead atoms. The van der Waals surface area contributed by atoms with Crippen molar-refractivity contribution in [1.82, 2.24) is 4.98 Å². The zero-order valence-corrected chi connectivity index (χ0v) is 15.1. The molecule has 2 aromatic rings. The maximum Gasteiger partial charge on any atom is 0.280 e. The van der Waals surface area contributed by atoms with Gasteiger partial charge in [0.25, 0.3) is 11.8 Å². The number of nitrogens with one attached hydrogen (secondary N) is 1. The average molecular weight is 415 g/mol. The minimum atomic E-state index is -3.66. The van der Waals surface area contributed by atoms with Gasteiger partial charge in [-0.05, 0) is 30.3 Å². The predicted octanol–water partition coefficient (Wildman–Crippen LogP) is 4.08. The van der Waals surface area contributed by atoms with E-state index in [0.29, 0.717) is 5.02 Å². The number of aliphatic imine (C=N–C) groups is 1. The summed E-state index contributed by atoms with van der Waals surface area (Å²) in [6.45, 7) is -1.66. The van der Waals surface area contributed by atoms with E-state index in [1.807, 2.05) is 0 Å². The number of rotatable bonds is 4. The molecule has 1 unspecified atom stereocenters. The van der Waals surface area contributed by atoms with Gasteiger partial charge in [-0.3, -0.25) is 9.79 Å². The van der Waals surface area contributed by atoms with E-state index in [4.69, 9.17) is 17.3 Å². The molecule has 0 saturated carbocycles. The summed E-state index contributed by atoms with van der Waals surface area (Å²) in [5.41, 5.74) is 2.03. The largest absolute Gasteiger partial charge is 0.387 e. The van der Waals surface area contributed by atoms with Crippen LogP contribution in [0.4, 0.5) is 23.2 Å². The molecule has 148 valence electrons. The van der Waals surface area contributed by atoms with Crippen LogP contribution in [-0.4, -0.2) is 29.3 Å². The van der Waals surface area contributed by atoms with E-state index in [2.05, 4.69) is 15.3 Å². The highest BCUT2D eigenvalue weighted by atomic mass is 35.5. The fourth-order valence-corrected chi connectivity index (χ4v) is 3.07. The highest BCUT2D eigenvalue weighted by Gasteiger charge is 2.58. The van der Waals surface area contributed by atoms with Gasteiger partial charge in [0.15, 0.2) is 5.54 Å². The highest BCUT2D eigenvalue weighted by molar-refractivity contribution is 6.30. The molecule has 10 heteroatoms. The number of alkyl halides is 3. The standard InChI is InChI=1S/C18H15ClF4N4O/c19-10-1-4-14(25-8-10)16(28)26-11-2-3-13(21)12(7-11)17(9-20)18(22,23)6-5-15(24)27-17/h1-4,7-8H,5-6,9H2,(H2,24,27)(H,26,28). The molecule has 1 aromatic carbocycles. The van der Waals surface area contributed by atoms with Crippen LogP contribution in [0, 0.1) is 5.82 Å². The summed E-state index contributed by atoms with van der Waals surface area (Å²) in [5.74, 6) is -5.62. The predicted molar refractivity (Wildman–Crippen MR) is 97.1 cm³/mol. The summed E-state index contributed by atoms with van der Waals surface area (Å²) < 4.78 is 57.4. The second-order valence-corrected chi connectivity index (χ2v) is 6.75. The van der Waals surface area contributed by atoms with Gasteiger partial charge in [-0.2, -0.15) is 0 Å². The number of carbonyl (C=O) groups excluding carboxylic acids is 1. The Kier molecular flexibility index (Phi) is 5.29. The third-order valence-corrected chi connectivity index (χ3v) is 4.68. The molecular formula is C18H15ClF4N4O. The third-order valence-electron chi connectivity index (χ3n) is 4.46. The lowest BCUT2D eigenvalue weighted by Gasteiger charge is -2.39. The molecule has 0 aliphatic carbocycles. The van der Waals surface area contributed by atoms with Crippen molar-refractivity contribution in [2.24, 2.45) is 10.7 Å².